The number of methoxy groups -OCH3 is 1. The largest absolute Gasteiger partial charge is 0.497 e. The van der Waals surface area contributed by atoms with Gasteiger partial charge in [-0.05, 0) is 43.2 Å². The molecule has 1 aromatic carbocycles. The molecule has 0 saturated heterocycles. The smallest absolute Gasteiger partial charge is 0.329 e. The third-order valence-electron chi connectivity index (χ3n) is 7.14. The number of ether oxygens (including phenoxy) is 1. The van der Waals surface area contributed by atoms with Gasteiger partial charge in [-0.15, -0.1) is 0 Å². The number of fused-ring (bicyclic) bond motifs is 1. The Hall–Kier alpha value is -4.78. The number of aromatic nitrogens is 5. The van der Waals surface area contributed by atoms with Crippen molar-refractivity contribution in [1.82, 2.24) is 34.5 Å². The minimum absolute atomic E-state index is 0.265. The summed E-state index contributed by atoms with van der Waals surface area (Å²) in [5.74, 6) is 0.358. The molecule has 2 amide bonds. The number of nitrogens with one attached hydrogen (secondary N) is 2. The molecule has 5 rings (SSSR count). The van der Waals surface area contributed by atoms with Crippen LogP contribution in [0.15, 0.2) is 48.9 Å². The van der Waals surface area contributed by atoms with E-state index in [9.17, 15) is 19.1 Å². The second kappa shape index (κ2) is 11.4. The van der Waals surface area contributed by atoms with Gasteiger partial charge in [-0.3, -0.25) is 14.0 Å². The van der Waals surface area contributed by atoms with Crippen molar-refractivity contribution in [2.75, 3.05) is 25.6 Å². The third-order valence-corrected chi connectivity index (χ3v) is 7.14. The van der Waals surface area contributed by atoms with Gasteiger partial charge in [0.15, 0.2) is 0 Å². The number of carbonyl (C=O) groups excluding carboxylic acids is 2. The second-order valence-electron chi connectivity index (χ2n) is 9.85. The molecule has 3 N–H and O–H groups in total. The van der Waals surface area contributed by atoms with Gasteiger partial charge >= 0.3 is 6.03 Å². The highest BCUT2D eigenvalue weighted by atomic mass is 19.1. The summed E-state index contributed by atoms with van der Waals surface area (Å²) in [7, 11) is 3.21. The number of nitrogens with zero attached hydrogens (tertiary/aromatic N) is 6. The average Bonchev–Trinajstić information content (AvgIpc) is 3.58. The fraction of sp³-hybridized carbons (Fsp3) is 0.321. The van der Waals surface area contributed by atoms with Crippen LogP contribution in [0.25, 0.3) is 11.3 Å². The third kappa shape index (κ3) is 5.61. The van der Waals surface area contributed by atoms with Crippen LogP contribution in [-0.2, 0) is 18.3 Å². The summed E-state index contributed by atoms with van der Waals surface area (Å²) in [4.78, 5) is 37.2. The number of amides is 2. The molecule has 4 aromatic rings. The van der Waals surface area contributed by atoms with E-state index < -0.39 is 30.4 Å². The van der Waals surface area contributed by atoms with Crippen LogP contribution >= 0.6 is 0 Å². The van der Waals surface area contributed by atoms with Gasteiger partial charge in [-0.1, -0.05) is 0 Å². The number of hydrogen-bond donors (Lipinski definition) is 3. The van der Waals surface area contributed by atoms with Gasteiger partial charge in [0, 0.05) is 55.8 Å². The van der Waals surface area contributed by atoms with E-state index in [0.717, 1.165) is 22.6 Å². The van der Waals surface area contributed by atoms with Crippen LogP contribution in [0.2, 0.25) is 0 Å². The topological polar surface area (TPSA) is 139 Å². The second-order valence-corrected chi connectivity index (χ2v) is 9.85. The minimum Gasteiger partial charge on any atom is -0.497 e. The zero-order valence-corrected chi connectivity index (χ0v) is 23.1. The standard InChI is InChI=1S/C28H31FN8O4/c1-16-13-30-27(33-24-5-7-31-35(24)3)34-25(16)19-10-21-6-8-36(28(40)37(21)14-19)17(2)26(39)32-23(15-38)18-9-20(29)12-22(11-18)41-4/h5,7,9-14,17,23,38H,6,8,15H2,1-4H3,(H,32,39)(H,30,33,34)/t17-,23+/m0/s1. The molecule has 2 atom stereocenters. The number of aryl methyl sites for hydroxylation is 2. The molecular weight excluding hydrogens is 531 g/mol. The van der Waals surface area contributed by atoms with Gasteiger partial charge in [0.25, 0.3) is 0 Å². The lowest BCUT2D eigenvalue weighted by Gasteiger charge is -2.33. The maximum Gasteiger partial charge on any atom is 0.329 e. The van der Waals surface area contributed by atoms with Crippen LogP contribution in [0.5, 0.6) is 5.75 Å². The van der Waals surface area contributed by atoms with Gasteiger partial charge in [-0.2, -0.15) is 5.10 Å². The number of carbonyl (C=O) groups is 2. The van der Waals surface area contributed by atoms with Crippen molar-refractivity contribution in [3.8, 4) is 17.0 Å². The number of halogens is 1. The average molecular weight is 563 g/mol. The van der Waals surface area contributed by atoms with Crippen LogP contribution in [0, 0.1) is 12.7 Å². The number of benzene rings is 1. The highest BCUT2D eigenvalue weighted by molar-refractivity contribution is 5.89. The summed E-state index contributed by atoms with van der Waals surface area (Å²) in [5.41, 5.74) is 3.41. The van der Waals surface area contributed by atoms with Crippen LogP contribution in [0.4, 0.5) is 21.0 Å². The molecule has 0 aliphatic carbocycles. The molecule has 1 aliphatic rings. The predicted molar refractivity (Wildman–Crippen MR) is 148 cm³/mol. The number of anilines is 2. The Morgan fingerprint density at radius 3 is 2.78 bits per heavy atom. The first-order valence-electron chi connectivity index (χ1n) is 13.1. The van der Waals surface area contributed by atoms with E-state index in [1.807, 2.05) is 19.1 Å². The summed E-state index contributed by atoms with van der Waals surface area (Å²) in [6, 6.07) is 5.62. The van der Waals surface area contributed by atoms with E-state index in [-0.39, 0.29) is 11.8 Å². The van der Waals surface area contributed by atoms with E-state index in [1.165, 1.54) is 28.7 Å². The molecule has 0 fully saturated rings. The molecule has 0 unspecified atom stereocenters. The molecular formula is C28H31FN8O4. The van der Waals surface area contributed by atoms with Crippen LogP contribution in [0.1, 0.15) is 29.8 Å². The molecule has 0 spiro atoms. The summed E-state index contributed by atoms with van der Waals surface area (Å²) >= 11 is 0. The van der Waals surface area contributed by atoms with Gasteiger partial charge in [0.05, 0.1) is 31.6 Å². The fourth-order valence-corrected chi connectivity index (χ4v) is 4.81. The number of aliphatic hydroxyl groups excluding tert-OH is 1. The number of rotatable bonds is 9. The highest BCUT2D eigenvalue weighted by Crippen LogP contribution is 2.28. The fourth-order valence-electron chi connectivity index (χ4n) is 4.81. The van der Waals surface area contributed by atoms with Crippen molar-refractivity contribution in [2.45, 2.75) is 32.4 Å². The van der Waals surface area contributed by atoms with Crippen molar-refractivity contribution in [2.24, 2.45) is 7.05 Å². The van der Waals surface area contributed by atoms with E-state index in [4.69, 9.17) is 4.74 Å². The van der Waals surface area contributed by atoms with Gasteiger partial charge in [0.1, 0.15) is 23.4 Å². The lowest BCUT2D eigenvalue weighted by molar-refractivity contribution is -0.126. The first kappa shape index (κ1) is 27.8. The van der Waals surface area contributed by atoms with Crippen molar-refractivity contribution < 1.29 is 23.8 Å². The Kier molecular flexibility index (Phi) is 7.70. The molecule has 1 aliphatic heterocycles. The van der Waals surface area contributed by atoms with Crippen LogP contribution < -0.4 is 15.4 Å². The molecule has 4 heterocycles. The molecule has 41 heavy (non-hydrogen) atoms. The van der Waals surface area contributed by atoms with Crippen molar-refractivity contribution in [3.05, 3.63) is 71.6 Å². The molecule has 13 heteroatoms. The normalized spacial score (nSPS) is 14.4. The maximum absolute atomic E-state index is 14.0. The molecule has 0 bridgehead atoms. The molecule has 0 saturated carbocycles. The Labute approximate surface area is 235 Å². The Morgan fingerprint density at radius 1 is 1.27 bits per heavy atom. The lowest BCUT2D eigenvalue weighted by atomic mass is 10.1. The van der Waals surface area contributed by atoms with Gasteiger partial charge < -0.3 is 25.4 Å². The maximum atomic E-state index is 14.0. The zero-order valence-electron chi connectivity index (χ0n) is 23.1. The van der Waals surface area contributed by atoms with Crippen LogP contribution in [0.3, 0.4) is 0 Å². The Bertz CT molecular complexity index is 1600. The first-order valence-corrected chi connectivity index (χ1v) is 13.1. The van der Waals surface area contributed by atoms with Crippen LogP contribution in [-0.4, -0.2) is 72.6 Å². The summed E-state index contributed by atoms with van der Waals surface area (Å²) < 4.78 is 22.3. The molecule has 3 aromatic heterocycles. The van der Waals surface area contributed by atoms with E-state index in [2.05, 4.69) is 25.7 Å². The van der Waals surface area contributed by atoms with E-state index >= 15 is 0 Å². The van der Waals surface area contributed by atoms with Crippen molar-refractivity contribution in [1.29, 1.82) is 0 Å². The lowest BCUT2D eigenvalue weighted by Crippen LogP contribution is -2.53. The summed E-state index contributed by atoms with van der Waals surface area (Å²) in [5, 5.41) is 19.9. The minimum atomic E-state index is -0.877. The number of aliphatic hydroxyl groups is 1. The first-order chi connectivity index (χ1) is 19.7. The monoisotopic (exact) mass is 562 g/mol. The van der Waals surface area contributed by atoms with Crippen molar-refractivity contribution in [3.63, 3.8) is 0 Å². The summed E-state index contributed by atoms with van der Waals surface area (Å²) in [6.07, 6.45) is 5.62. The van der Waals surface area contributed by atoms with Gasteiger partial charge in [-0.25, -0.2) is 19.2 Å². The molecule has 0 radical (unpaired) electrons. The van der Waals surface area contributed by atoms with Crippen molar-refractivity contribution >= 4 is 23.7 Å². The van der Waals surface area contributed by atoms with Gasteiger partial charge in [0.2, 0.25) is 11.9 Å². The quantitative estimate of drug-likeness (QED) is 0.283. The van der Waals surface area contributed by atoms with E-state index in [0.29, 0.717) is 30.2 Å². The SMILES string of the molecule is COc1cc(F)cc([C@@H](CO)NC(=O)[C@H](C)N2CCc3cc(-c4nc(Nc5ccnn5C)ncc4C)cn3C2=O)c1. The molecule has 214 valence electrons. The highest BCUT2D eigenvalue weighted by Gasteiger charge is 2.33. The zero-order chi connectivity index (χ0) is 29.3. The molecule has 12 nitrogen and oxygen atoms in total. The summed E-state index contributed by atoms with van der Waals surface area (Å²) in [6.45, 7) is 3.38. The predicted octanol–water partition coefficient (Wildman–Crippen LogP) is 2.94. The Balaban J connectivity index is 1.33. The van der Waals surface area contributed by atoms with E-state index in [1.54, 1.807) is 43.3 Å². The Morgan fingerprint density at radius 2 is 2.07 bits per heavy atom. The number of hydrogen-bond acceptors (Lipinski definition) is 8.